The first-order valence-corrected chi connectivity index (χ1v) is 8.83. The van der Waals surface area contributed by atoms with Gasteiger partial charge in [-0.15, -0.1) is 11.8 Å². The van der Waals surface area contributed by atoms with Gasteiger partial charge in [-0.2, -0.15) is 0 Å². The molecule has 0 amide bonds. The van der Waals surface area contributed by atoms with Crippen molar-refractivity contribution in [2.75, 3.05) is 19.3 Å². The molecule has 0 aliphatic heterocycles. The summed E-state index contributed by atoms with van der Waals surface area (Å²) in [5, 5.41) is 13.2. The maximum Gasteiger partial charge on any atom is 0.0802 e. The van der Waals surface area contributed by atoms with Crippen LogP contribution in [0.5, 0.6) is 0 Å². The van der Waals surface area contributed by atoms with Gasteiger partial charge in [0, 0.05) is 10.6 Å². The zero-order valence-electron chi connectivity index (χ0n) is 12.5. The van der Waals surface area contributed by atoms with E-state index in [1.54, 1.807) is 0 Å². The van der Waals surface area contributed by atoms with E-state index in [4.69, 9.17) is 0 Å². The maximum absolute atomic E-state index is 10.1. The van der Waals surface area contributed by atoms with Crippen LogP contribution in [0.3, 0.4) is 0 Å². The molecular formula is C17H27NOS. The van der Waals surface area contributed by atoms with E-state index in [9.17, 15) is 5.11 Å². The summed E-state index contributed by atoms with van der Waals surface area (Å²) in [4.78, 5) is 1.30. The van der Waals surface area contributed by atoms with Gasteiger partial charge in [-0.05, 0) is 56.5 Å². The molecule has 0 saturated heterocycles. The summed E-state index contributed by atoms with van der Waals surface area (Å²) in [6, 6.07) is 8.43. The molecule has 3 heteroatoms. The third-order valence-electron chi connectivity index (χ3n) is 4.12. The van der Waals surface area contributed by atoms with Crippen molar-refractivity contribution in [3.8, 4) is 0 Å². The number of aliphatic hydroxyl groups is 1. The Morgan fingerprint density at radius 2 is 2.10 bits per heavy atom. The highest BCUT2D eigenvalue weighted by Gasteiger charge is 2.14. The highest BCUT2D eigenvalue weighted by Crippen LogP contribution is 2.31. The van der Waals surface area contributed by atoms with Crippen molar-refractivity contribution >= 4 is 11.8 Å². The molecule has 112 valence electrons. The molecule has 1 aromatic carbocycles. The molecule has 1 aliphatic rings. The second-order valence-electron chi connectivity index (χ2n) is 5.80. The Morgan fingerprint density at radius 3 is 2.85 bits per heavy atom. The number of nitrogens with one attached hydrogen (secondary N) is 1. The summed E-state index contributed by atoms with van der Waals surface area (Å²) in [6.45, 7) is 0.848. The van der Waals surface area contributed by atoms with Crippen molar-refractivity contribution in [2.45, 2.75) is 49.5 Å². The summed E-state index contributed by atoms with van der Waals surface area (Å²) < 4.78 is 0. The van der Waals surface area contributed by atoms with Crippen molar-refractivity contribution in [1.82, 2.24) is 5.32 Å². The molecule has 0 spiro atoms. The Balaban J connectivity index is 1.85. The second kappa shape index (κ2) is 8.71. The van der Waals surface area contributed by atoms with Gasteiger partial charge in [-0.25, -0.2) is 0 Å². The minimum atomic E-state index is -0.349. The van der Waals surface area contributed by atoms with Crippen LogP contribution in [0.4, 0.5) is 0 Å². The quantitative estimate of drug-likeness (QED) is 0.745. The number of hydrogen-bond donors (Lipinski definition) is 2. The Bertz CT molecular complexity index is 390. The van der Waals surface area contributed by atoms with E-state index >= 15 is 0 Å². The zero-order valence-corrected chi connectivity index (χ0v) is 13.3. The van der Waals surface area contributed by atoms with Crippen molar-refractivity contribution < 1.29 is 5.11 Å². The highest BCUT2D eigenvalue weighted by atomic mass is 32.2. The molecule has 0 heterocycles. The molecule has 1 aromatic rings. The Labute approximate surface area is 127 Å². The lowest BCUT2D eigenvalue weighted by atomic mass is 9.91. The normalized spacial score (nSPS) is 18.1. The lowest BCUT2D eigenvalue weighted by molar-refractivity contribution is 0.167. The van der Waals surface area contributed by atoms with E-state index in [1.807, 2.05) is 24.9 Å². The van der Waals surface area contributed by atoms with E-state index in [0.717, 1.165) is 24.4 Å². The third kappa shape index (κ3) is 5.12. The van der Waals surface area contributed by atoms with Gasteiger partial charge >= 0.3 is 0 Å². The molecule has 1 saturated carbocycles. The molecule has 2 rings (SSSR count). The smallest absolute Gasteiger partial charge is 0.0802 e. The summed E-state index contributed by atoms with van der Waals surface area (Å²) in [5.41, 5.74) is 1.05. The molecule has 1 aliphatic carbocycles. The van der Waals surface area contributed by atoms with E-state index in [2.05, 4.69) is 23.5 Å². The number of thioether (sulfide) groups is 1. The molecular weight excluding hydrogens is 266 g/mol. The first-order valence-electron chi connectivity index (χ1n) is 7.85. The van der Waals surface area contributed by atoms with Gasteiger partial charge in [0.05, 0.1) is 6.10 Å². The molecule has 0 bridgehead atoms. The van der Waals surface area contributed by atoms with Crippen LogP contribution in [0.2, 0.25) is 0 Å². The zero-order chi connectivity index (χ0) is 14.2. The lowest BCUT2D eigenvalue weighted by Crippen LogP contribution is -2.12. The molecule has 1 unspecified atom stereocenters. The van der Waals surface area contributed by atoms with E-state index in [-0.39, 0.29) is 6.10 Å². The standard InChI is InChI=1S/C17H27NOS/c1-18-11-10-17(19)15-8-5-9-16(12-15)20-13-14-6-3-2-4-7-14/h5,8-9,12,14,17-19H,2-4,6-7,10-11,13H2,1H3. The second-order valence-corrected chi connectivity index (χ2v) is 6.89. The minimum absolute atomic E-state index is 0.349. The fourth-order valence-electron chi connectivity index (χ4n) is 2.83. The summed E-state index contributed by atoms with van der Waals surface area (Å²) in [6.07, 6.45) is 7.47. The Kier molecular flexibility index (Phi) is 6.91. The van der Waals surface area contributed by atoms with Gasteiger partial charge in [-0.3, -0.25) is 0 Å². The van der Waals surface area contributed by atoms with Crippen molar-refractivity contribution in [2.24, 2.45) is 5.92 Å². The van der Waals surface area contributed by atoms with Gasteiger partial charge in [0.1, 0.15) is 0 Å². The molecule has 2 nitrogen and oxygen atoms in total. The van der Waals surface area contributed by atoms with Gasteiger partial charge in [0.2, 0.25) is 0 Å². The Hall–Kier alpha value is -0.510. The minimum Gasteiger partial charge on any atom is -0.388 e. The van der Waals surface area contributed by atoms with Gasteiger partial charge in [-0.1, -0.05) is 31.4 Å². The van der Waals surface area contributed by atoms with E-state index in [1.165, 1.54) is 42.8 Å². The fourth-order valence-corrected chi connectivity index (χ4v) is 3.98. The largest absolute Gasteiger partial charge is 0.388 e. The van der Waals surface area contributed by atoms with Crippen LogP contribution in [0.25, 0.3) is 0 Å². The molecule has 2 N–H and O–H groups in total. The van der Waals surface area contributed by atoms with Crippen LogP contribution >= 0.6 is 11.8 Å². The predicted molar refractivity (Wildman–Crippen MR) is 87.2 cm³/mol. The lowest BCUT2D eigenvalue weighted by Gasteiger charge is -2.21. The van der Waals surface area contributed by atoms with E-state index in [0.29, 0.717) is 0 Å². The van der Waals surface area contributed by atoms with Crippen molar-refractivity contribution in [3.05, 3.63) is 29.8 Å². The van der Waals surface area contributed by atoms with E-state index < -0.39 is 0 Å². The number of hydrogen-bond acceptors (Lipinski definition) is 3. The summed E-state index contributed by atoms with van der Waals surface area (Å²) in [7, 11) is 1.92. The van der Waals surface area contributed by atoms with Crippen LogP contribution in [-0.4, -0.2) is 24.5 Å². The van der Waals surface area contributed by atoms with Crippen LogP contribution in [-0.2, 0) is 0 Å². The molecule has 1 fully saturated rings. The number of rotatable bonds is 7. The SMILES string of the molecule is CNCCC(O)c1cccc(SCC2CCCCC2)c1. The van der Waals surface area contributed by atoms with Gasteiger partial charge < -0.3 is 10.4 Å². The highest BCUT2D eigenvalue weighted by molar-refractivity contribution is 7.99. The van der Waals surface area contributed by atoms with Crippen molar-refractivity contribution in [1.29, 1.82) is 0 Å². The van der Waals surface area contributed by atoms with Crippen molar-refractivity contribution in [3.63, 3.8) is 0 Å². The average Bonchev–Trinajstić information content (AvgIpc) is 2.52. The monoisotopic (exact) mass is 293 g/mol. The summed E-state index contributed by atoms with van der Waals surface area (Å²) in [5.74, 6) is 2.13. The predicted octanol–water partition coefficient (Wildman–Crippen LogP) is 4.00. The van der Waals surface area contributed by atoms with Crippen LogP contribution in [0.15, 0.2) is 29.2 Å². The van der Waals surface area contributed by atoms with Crippen LogP contribution in [0, 0.1) is 5.92 Å². The molecule has 0 aromatic heterocycles. The third-order valence-corrected chi connectivity index (χ3v) is 5.35. The van der Waals surface area contributed by atoms with Crippen LogP contribution < -0.4 is 5.32 Å². The molecule has 20 heavy (non-hydrogen) atoms. The van der Waals surface area contributed by atoms with Gasteiger partial charge in [0.25, 0.3) is 0 Å². The topological polar surface area (TPSA) is 32.3 Å². The summed E-state index contributed by atoms with van der Waals surface area (Å²) >= 11 is 1.96. The Morgan fingerprint density at radius 1 is 1.30 bits per heavy atom. The molecule has 0 radical (unpaired) electrons. The fraction of sp³-hybridized carbons (Fsp3) is 0.647. The number of aliphatic hydroxyl groups excluding tert-OH is 1. The van der Waals surface area contributed by atoms with Gasteiger partial charge in [0.15, 0.2) is 0 Å². The first-order chi connectivity index (χ1) is 9.79. The average molecular weight is 293 g/mol. The maximum atomic E-state index is 10.1. The first kappa shape index (κ1) is 15.9. The number of benzene rings is 1. The van der Waals surface area contributed by atoms with Crippen LogP contribution in [0.1, 0.15) is 50.2 Å². The molecule has 1 atom stereocenters.